The zero-order valence-electron chi connectivity index (χ0n) is 11.1. The third kappa shape index (κ3) is 3.27. The molecule has 0 radical (unpaired) electrons. The highest BCUT2D eigenvalue weighted by molar-refractivity contribution is 5.87. The number of aromatic nitrogens is 2. The Labute approximate surface area is 121 Å². The molecule has 0 atom stereocenters. The number of hydrogen-bond donors (Lipinski definition) is 2. The van der Waals surface area contributed by atoms with Gasteiger partial charge < -0.3 is 4.74 Å². The Bertz CT molecular complexity index is 724. The molecule has 0 bridgehead atoms. The maximum Gasteiger partial charge on any atom is 0.417 e. The topological polar surface area (TPSA) is 67.0 Å². The van der Waals surface area contributed by atoms with E-state index in [1.54, 1.807) is 24.4 Å². The Morgan fingerprint density at radius 3 is 2.67 bits per heavy atom. The van der Waals surface area contributed by atoms with Crippen molar-refractivity contribution in [2.75, 3.05) is 5.32 Å². The van der Waals surface area contributed by atoms with Crippen molar-refractivity contribution in [1.82, 2.24) is 10.2 Å². The Hall–Kier alpha value is -3.08. The number of anilines is 1. The van der Waals surface area contributed by atoms with Crippen LogP contribution in [0.4, 0.5) is 10.5 Å². The lowest BCUT2D eigenvalue weighted by Crippen LogP contribution is -2.16. The number of benzene rings is 2. The van der Waals surface area contributed by atoms with E-state index >= 15 is 0 Å². The van der Waals surface area contributed by atoms with Crippen LogP contribution in [-0.2, 0) is 0 Å². The highest BCUT2D eigenvalue weighted by atomic mass is 16.6. The van der Waals surface area contributed by atoms with Gasteiger partial charge in [0, 0.05) is 17.4 Å². The first-order valence-electron chi connectivity index (χ1n) is 6.45. The minimum absolute atomic E-state index is 0.500. The fourth-order valence-corrected chi connectivity index (χ4v) is 1.92. The summed E-state index contributed by atoms with van der Waals surface area (Å²) in [6.07, 6.45) is 1.15. The molecule has 0 aliphatic rings. The highest BCUT2D eigenvalue weighted by Crippen LogP contribution is 2.20. The summed E-state index contributed by atoms with van der Waals surface area (Å²) in [5.74, 6) is 0.500. The van der Waals surface area contributed by atoms with Crippen LogP contribution >= 0.6 is 0 Å². The van der Waals surface area contributed by atoms with E-state index in [9.17, 15) is 4.79 Å². The molecule has 0 aliphatic carbocycles. The number of amides is 1. The summed E-state index contributed by atoms with van der Waals surface area (Å²) in [5.41, 5.74) is 2.48. The SMILES string of the molecule is O=C(Nc1cccc(-c2ccn[nH]2)c1)Oc1ccccc1. The van der Waals surface area contributed by atoms with Gasteiger partial charge >= 0.3 is 6.09 Å². The average Bonchev–Trinajstić information content (AvgIpc) is 3.02. The Morgan fingerprint density at radius 1 is 1.05 bits per heavy atom. The number of rotatable bonds is 3. The molecule has 2 N–H and O–H groups in total. The summed E-state index contributed by atoms with van der Waals surface area (Å²) >= 11 is 0. The molecule has 0 spiro atoms. The van der Waals surface area contributed by atoms with Gasteiger partial charge in [0.25, 0.3) is 0 Å². The molecule has 104 valence electrons. The van der Waals surface area contributed by atoms with Crippen LogP contribution < -0.4 is 10.1 Å². The molecule has 1 aromatic heterocycles. The number of para-hydroxylation sites is 1. The molecule has 0 saturated heterocycles. The molecule has 0 unspecified atom stereocenters. The Balaban J connectivity index is 1.70. The average molecular weight is 279 g/mol. The molecule has 1 amide bonds. The first-order chi connectivity index (χ1) is 10.3. The number of nitrogens with one attached hydrogen (secondary N) is 2. The lowest BCUT2D eigenvalue weighted by atomic mass is 10.1. The molecule has 0 saturated carbocycles. The van der Waals surface area contributed by atoms with Crippen LogP contribution in [0.2, 0.25) is 0 Å². The van der Waals surface area contributed by atoms with Crippen molar-refractivity contribution < 1.29 is 9.53 Å². The van der Waals surface area contributed by atoms with E-state index in [0.29, 0.717) is 11.4 Å². The molecule has 2 aromatic carbocycles. The van der Waals surface area contributed by atoms with Gasteiger partial charge in [-0.25, -0.2) is 4.79 Å². The third-order valence-electron chi connectivity index (χ3n) is 2.87. The van der Waals surface area contributed by atoms with Crippen molar-refractivity contribution in [2.24, 2.45) is 0 Å². The first kappa shape index (κ1) is 12.9. The van der Waals surface area contributed by atoms with E-state index in [0.717, 1.165) is 11.3 Å². The second-order valence-corrected chi connectivity index (χ2v) is 4.38. The lowest BCUT2D eigenvalue weighted by molar-refractivity contribution is 0.215. The van der Waals surface area contributed by atoms with E-state index in [4.69, 9.17) is 4.74 Å². The van der Waals surface area contributed by atoms with Crippen molar-refractivity contribution >= 4 is 11.8 Å². The van der Waals surface area contributed by atoms with Crippen molar-refractivity contribution in [2.45, 2.75) is 0 Å². The van der Waals surface area contributed by atoms with Crippen molar-refractivity contribution in [1.29, 1.82) is 0 Å². The lowest BCUT2D eigenvalue weighted by Gasteiger charge is -2.07. The minimum Gasteiger partial charge on any atom is -0.410 e. The summed E-state index contributed by atoms with van der Waals surface area (Å²) in [5, 5.41) is 9.49. The van der Waals surface area contributed by atoms with Gasteiger partial charge in [-0.1, -0.05) is 30.3 Å². The van der Waals surface area contributed by atoms with Gasteiger partial charge in [0.1, 0.15) is 5.75 Å². The number of hydrogen-bond acceptors (Lipinski definition) is 3. The molecule has 1 heterocycles. The highest BCUT2D eigenvalue weighted by Gasteiger charge is 2.06. The number of H-pyrrole nitrogens is 1. The molecule has 3 aromatic rings. The van der Waals surface area contributed by atoms with Gasteiger partial charge in [0.2, 0.25) is 0 Å². The van der Waals surface area contributed by atoms with Crippen molar-refractivity contribution in [3.63, 3.8) is 0 Å². The second-order valence-electron chi connectivity index (χ2n) is 4.38. The van der Waals surface area contributed by atoms with Crippen LogP contribution in [0.3, 0.4) is 0 Å². The molecular weight excluding hydrogens is 266 g/mol. The fraction of sp³-hybridized carbons (Fsp3) is 0. The largest absolute Gasteiger partial charge is 0.417 e. The van der Waals surface area contributed by atoms with E-state index in [1.165, 1.54) is 0 Å². The van der Waals surface area contributed by atoms with Gasteiger partial charge in [0.05, 0.1) is 5.69 Å². The molecule has 0 fully saturated rings. The van der Waals surface area contributed by atoms with Gasteiger partial charge in [0.15, 0.2) is 0 Å². The number of carbonyl (C=O) groups is 1. The summed E-state index contributed by atoms with van der Waals surface area (Å²) in [6.45, 7) is 0. The van der Waals surface area contributed by atoms with Gasteiger partial charge in [-0.2, -0.15) is 5.10 Å². The first-order valence-corrected chi connectivity index (χ1v) is 6.45. The standard InChI is InChI=1S/C16H13N3O2/c20-16(21-14-7-2-1-3-8-14)18-13-6-4-5-12(11-13)15-9-10-17-19-15/h1-11H,(H,17,19)(H,18,20). The normalized spacial score (nSPS) is 10.1. The number of ether oxygens (including phenoxy) is 1. The van der Waals surface area contributed by atoms with Crippen LogP contribution in [0, 0.1) is 0 Å². The van der Waals surface area contributed by atoms with Crippen LogP contribution in [0.25, 0.3) is 11.3 Å². The fourth-order valence-electron chi connectivity index (χ4n) is 1.92. The molecule has 3 rings (SSSR count). The Kier molecular flexibility index (Phi) is 3.64. The summed E-state index contributed by atoms with van der Waals surface area (Å²) in [4.78, 5) is 11.8. The summed E-state index contributed by atoms with van der Waals surface area (Å²) in [6, 6.07) is 18.2. The van der Waals surface area contributed by atoms with Crippen molar-refractivity contribution in [3.05, 3.63) is 66.9 Å². The van der Waals surface area contributed by atoms with Gasteiger partial charge in [-0.05, 0) is 30.3 Å². The molecule has 0 aliphatic heterocycles. The number of carbonyl (C=O) groups excluding carboxylic acids is 1. The quantitative estimate of drug-likeness (QED) is 0.768. The zero-order chi connectivity index (χ0) is 14.5. The molecular formula is C16H13N3O2. The predicted octanol–water partition coefficient (Wildman–Crippen LogP) is 3.69. The molecule has 21 heavy (non-hydrogen) atoms. The smallest absolute Gasteiger partial charge is 0.410 e. The predicted molar refractivity (Wildman–Crippen MR) is 80.1 cm³/mol. The van der Waals surface area contributed by atoms with E-state index in [2.05, 4.69) is 15.5 Å². The molecule has 5 heteroatoms. The second kappa shape index (κ2) is 5.92. The van der Waals surface area contributed by atoms with Crippen LogP contribution in [0.15, 0.2) is 66.9 Å². The summed E-state index contributed by atoms with van der Waals surface area (Å²) < 4.78 is 5.18. The number of aromatic amines is 1. The number of nitrogens with zero attached hydrogens (tertiary/aromatic N) is 1. The van der Waals surface area contributed by atoms with Gasteiger partial charge in [-0.15, -0.1) is 0 Å². The third-order valence-corrected chi connectivity index (χ3v) is 2.87. The van der Waals surface area contributed by atoms with E-state index < -0.39 is 6.09 Å². The molecule has 5 nitrogen and oxygen atoms in total. The van der Waals surface area contributed by atoms with Gasteiger partial charge in [-0.3, -0.25) is 10.4 Å². The summed E-state index contributed by atoms with van der Waals surface area (Å²) in [7, 11) is 0. The van der Waals surface area contributed by atoms with Crippen LogP contribution in [0.5, 0.6) is 5.75 Å². The van der Waals surface area contributed by atoms with Crippen molar-refractivity contribution in [3.8, 4) is 17.0 Å². The van der Waals surface area contributed by atoms with E-state index in [1.807, 2.05) is 42.5 Å². The van der Waals surface area contributed by atoms with Crippen LogP contribution in [-0.4, -0.2) is 16.3 Å². The maximum absolute atomic E-state index is 11.8. The Morgan fingerprint density at radius 2 is 1.90 bits per heavy atom. The maximum atomic E-state index is 11.8. The van der Waals surface area contributed by atoms with E-state index in [-0.39, 0.29) is 0 Å². The minimum atomic E-state index is -0.525. The monoisotopic (exact) mass is 279 g/mol. The zero-order valence-corrected chi connectivity index (χ0v) is 11.1. The van der Waals surface area contributed by atoms with Crippen LogP contribution in [0.1, 0.15) is 0 Å².